The van der Waals surface area contributed by atoms with Gasteiger partial charge in [0.25, 0.3) is 5.91 Å². The van der Waals surface area contributed by atoms with Gasteiger partial charge in [0.1, 0.15) is 0 Å². The van der Waals surface area contributed by atoms with Crippen LogP contribution in [0.5, 0.6) is 11.5 Å². The third-order valence-electron chi connectivity index (χ3n) is 4.74. The fourth-order valence-electron chi connectivity index (χ4n) is 3.28. The molecule has 6 heteroatoms. The topological polar surface area (TPSA) is 65.4 Å². The summed E-state index contributed by atoms with van der Waals surface area (Å²) in [7, 11) is 1.64. The monoisotopic (exact) mass is 363 g/mol. The molecule has 0 saturated heterocycles. The van der Waals surface area contributed by atoms with Gasteiger partial charge in [-0.3, -0.25) is 4.79 Å². The van der Waals surface area contributed by atoms with E-state index in [1.807, 2.05) is 53.2 Å². The number of aromatic nitrogens is 2. The van der Waals surface area contributed by atoms with Crippen molar-refractivity contribution in [1.82, 2.24) is 14.9 Å². The van der Waals surface area contributed by atoms with Crippen molar-refractivity contribution in [3.8, 4) is 17.2 Å². The molecule has 2 heterocycles. The average Bonchev–Trinajstić information content (AvgIpc) is 3.26. The summed E-state index contributed by atoms with van der Waals surface area (Å²) in [5.41, 5.74) is 2.72. The molecule has 0 bridgehead atoms. The summed E-state index contributed by atoms with van der Waals surface area (Å²) in [5.74, 6) is 1.73. The number of amides is 1. The van der Waals surface area contributed by atoms with Crippen LogP contribution in [0.25, 0.3) is 5.69 Å². The van der Waals surface area contributed by atoms with Crippen molar-refractivity contribution in [2.75, 3.05) is 20.3 Å². The van der Waals surface area contributed by atoms with Crippen LogP contribution in [0.4, 0.5) is 0 Å². The number of benzene rings is 2. The summed E-state index contributed by atoms with van der Waals surface area (Å²) in [4.78, 5) is 16.5. The molecule has 1 atom stereocenters. The third kappa shape index (κ3) is 3.65. The number of ether oxygens (including phenoxy) is 2. The molecule has 0 saturated carbocycles. The third-order valence-corrected chi connectivity index (χ3v) is 4.74. The highest BCUT2D eigenvalue weighted by Gasteiger charge is 2.23. The van der Waals surface area contributed by atoms with Gasteiger partial charge in [-0.25, -0.2) is 4.98 Å². The van der Waals surface area contributed by atoms with Gasteiger partial charge in [0.2, 0.25) is 0 Å². The number of nitrogens with zero attached hydrogens (tertiary/aromatic N) is 2. The highest BCUT2D eigenvalue weighted by atomic mass is 16.5. The summed E-state index contributed by atoms with van der Waals surface area (Å²) in [6.07, 6.45) is 6.17. The summed E-state index contributed by atoms with van der Waals surface area (Å²) in [5, 5.41) is 3.01. The Morgan fingerprint density at radius 3 is 2.89 bits per heavy atom. The van der Waals surface area contributed by atoms with Crippen LogP contribution in [0.2, 0.25) is 0 Å². The molecular formula is C21H21N3O3. The Balaban J connectivity index is 1.35. The molecule has 1 aliphatic rings. The van der Waals surface area contributed by atoms with E-state index in [-0.39, 0.29) is 11.8 Å². The quantitative estimate of drug-likeness (QED) is 0.757. The number of rotatable bonds is 5. The summed E-state index contributed by atoms with van der Waals surface area (Å²) >= 11 is 0. The normalized spacial score (nSPS) is 15.5. The van der Waals surface area contributed by atoms with E-state index in [4.69, 9.17) is 9.47 Å². The van der Waals surface area contributed by atoms with Crippen molar-refractivity contribution in [2.45, 2.75) is 6.42 Å². The molecule has 0 aliphatic carbocycles. The minimum absolute atomic E-state index is 0.0800. The van der Waals surface area contributed by atoms with E-state index in [0.717, 1.165) is 29.2 Å². The Hall–Kier alpha value is -3.28. The molecule has 0 spiro atoms. The van der Waals surface area contributed by atoms with Gasteiger partial charge in [0, 0.05) is 36.1 Å². The van der Waals surface area contributed by atoms with E-state index in [1.54, 1.807) is 19.6 Å². The zero-order valence-corrected chi connectivity index (χ0v) is 15.1. The first-order chi connectivity index (χ1) is 13.2. The molecular weight excluding hydrogens is 342 g/mol. The number of carbonyl (C=O) groups excluding carboxylic acids is 1. The summed E-state index contributed by atoms with van der Waals surface area (Å²) in [6.45, 7) is 1.13. The molecule has 2 aromatic carbocycles. The molecule has 0 fully saturated rings. The van der Waals surface area contributed by atoms with Gasteiger partial charge in [-0.2, -0.15) is 0 Å². The van der Waals surface area contributed by atoms with Crippen LogP contribution >= 0.6 is 0 Å². The molecule has 3 aromatic rings. The zero-order valence-electron chi connectivity index (χ0n) is 15.1. The molecule has 6 nitrogen and oxygen atoms in total. The van der Waals surface area contributed by atoms with Crippen LogP contribution in [0, 0.1) is 5.92 Å². The van der Waals surface area contributed by atoms with Crippen LogP contribution in [0.15, 0.2) is 61.2 Å². The Morgan fingerprint density at radius 1 is 1.30 bits per heavy atom. The van der Waals surface area contributed by atoms with Gasteiger partial charge in [-0.15, -0.1) is 0 Å². The van der Waals surface area contributed by atoms with Crippen molar-refractivity contribution in [3.63, 3.8) is 0 Å². The van der Waals surface area contributed by atoms with E-state index in [2.05, 4.69) is 10.3 Å². The smallest absolute Gasteiger partial charge is 0.251 e. The van der Waals surface area contributed by atoms with E-state index in [0.29, 0.717) is 18.7 Å². The lowest BCUT2D eigenvalue weighted by molar-refractivity contribution is 0.0938. The lowest BCUT2D eigenvalue weighted by Gasteiger charge is -2.26. The maximum Gasteiger partial charge on any atom is 0.251 e. The van der Waals surface area contributed by atoms with Crippen molar-refractivity contribution in [3.05, 3.63) is 72.3 Å². The van der Waals surface area contributed by atoms with Gasteiger partial charge in [-0.05, 0) is 42.3 Å². The molecule has 1 N–H and O–H groups in total. The van der Waals surface area contributed by atoms with E-state index >= 15 is 0 Å². The highest BCUT2D eigenvalue weighted by Crippen LogP contribution is 2.35. The zero-order chi connectivity index (χ0) is 18.6. The Morgan fingerprint density at radius 2 is 2.15 bits per heavy atom. The molecule has 1 aromatic heterocycles. The minimum Gasteiger partial charge on any atom is -0.493 e. The lowest BCUT2D eigenvalue weighted by Crippen LogP contribution is -2.34. The van der Waals surface area contributed by atoms with E-state index in [1.165, 1.54) is 0 Å². The van der Waals surface area contributed by atoms with Gasteiger partial charge < -0.3 is 19.4 Å². The Labute approximate surface area is 157 Å². The predicted octanol–water partition coefficient (Wildman–Crippen LogP) is 2.86. The molecule has 1 amide bonds. The SMILES string of the molecule is COc1cccc2c1OCC(CNC(=O)c1ccc(-n3ccnc3)cc1)C2. The standard InChI is InChI=1S/C21H21N3O3/c1-26-19-4-2-3-17-11-15(13-27-20(17)19)12-23-21(25)16-5-7-18(8-6-16)24-10-9-22-14-24/h2-10,14-15H,11-13H2,1H3,(H,23,25). The number of para-hydroxylation sites is 1. The molecule has 1 unspecified atom stereocenters. The number of fused-ring (bicyclic) bond motifs is 1. The minimum atomic E-state index is -0.0800. The second-order valence-electron chi connectivity index (χ2n) is 6.56. The van der Waals surface area contributed by atoms with Gasteiger partial charge in [0.15, 0.2) is 11.5 Å². The number of nitrogens with one attached hydrogen (secondary N) is 1. The van der Waals surface area contributed by atoms with E-state index < -0.39 is 0 Å². The van der Waals surface area contributed by atoms with E-state index in [9.17, 15) is 4.79 Å². The number of hydrogen-bond acceptors (Lipinski definition) is 4. The van der Waals surface area contributed by atoms with Crippen molar-refractivity contribution < 1.29 is 14.3 Å². The number of hydrogen-bond donors (Lipinski definition) is 1. The molecule has 138 valence electrons. The first-order valence-electron chi connectivity index (χ1n) is 8.90. The van der Waals surface area contributed by atoms with Crippen LogP contribution in [0.3, 0.4) is 0 Å². The number of imidazole rings is 1. The fraction of sp³-hybridized carbons (Fsp3) is 0.238. The molecule has 1 aliphatic heterocycles. The molecule has 27 heavy (non-hydrogen) atoms. The number of carbonyl (C=O) groups is 1. The van der Waals surface area contributed by atoms with Crippen LogP contribution in [-0.4, -0.2) is 35.7 Å². The Kier molecular flexibility index (Phi) is 4.78. The Bertz CT molecular complexity index is 920. The van der Waals surface area contributed by atoms with Crippen molar-refractivity contribution >= 4 is 5.91 Å². The largest absolute Gasteiger partial charge is 0.493 e. The first kappa shape index (κ1) is 17.1. The maximum absolute atomic E-state index is 12.4. The summed E-state index contributed by atoms with van der Waals surface area (Å²) < 4.78 is 13.1. The summed E-state index contributed by atoms with van der Waals surface area (Å²) in [6, 6.07) is 13.4. The van der Waals surface area contributed by atoms with Crippen LogP contribution in [0.1, 0.15) is 15.9 Å². The lowest BCUT2D eigenvalue weighted by atomic mass is 9.96. The van der Waals surface area contributed by atoms with Gasteiger partial charge in [0.05, 0.1) is 20.0 Å². The predicted molar refractivity (Wildman–Crippen MR) is 102 cm³/mol. The van der Waals surface area contributed by atoms with Crippen molar-refractivity contribution in [2.24, 2.45) is 5.92 Å². The van der Waals surface area contributed by atoms with Gasteiger partial charge in [-0.1, -0.05) is 12.1 Å². The van der Waals surface area contributed by atoms with Crippen LogP contribution in [-0.2, 0) is 6.42 Å². The second-order valence-corrected chi connectivity index (χ2v) is 6.56. The highest BCUT2D eigenvalue weighted by molar-refractivity contribution is 5.94. The van der Waals surface area contributed by atoms with Crippen molar-refractivity contribution in [1.29, 1.82) is 0 Å². The maximum atomic E-state index is 12.4. The van der Waals surface area contributed by atoms with Crippen LogP contribution < -0.4 is 14.8 Å². The first-order valence-corrected chi connectivity index (χ1v) is 8.90. The second kappa shape index (κ2) is 7.53. The molecule has 0 radical (unpaired) electrons. The fourth-order valence-corrected chi connectivity index (χ4v) is 3.28. The number of methoxy groups -OCH3 is 1. The average molecular weight is 363 g/mol. The molecule has 4 rings (SSSR count). The van der Waals surface area contributed by atoms with Gasteiger partial charge >= 0.3 is 0 Å².